The summed E-state index contributed by atoms with van der Waals surface area (Å²) in [5.74, 6) is -0.168. The maximum atomic E-state index is 10.3. The minimum atomic E-state index is -0.829. The lowest BCUT2D eigenvalue weighted by molar-refractivity contribution is -0.136. The Balaban J connectivity index is 2.08. The molecule has 6 heteroatoms. The molecule has 0 saturated carbocycles. The lowest BCUT2D eigenvalue weighted by Crippen LogP contribution is -1.96. The molecular formula is C9H8N2O3S. The number of carboxylic acids is 1. The van der Waals surface area contributed by atoms with Crippen LogP contribution in [0.5, 0.6) is 0 Å². The highest BCUT2D eigenvalue weighted by molar-refractivity contribution is 7.14. The Kier molecular flexibility index (Phi) is 2.77. The van der Waals surface area contributed by atoms with E-state index in [1.807, 2.05) is 0 Å². The Bertz CT molecular complexity index is 450. The van der Waals surface area contributed by atoms with Crippen LogP contribution in [-0.4, -0.2) is 21.3 Å². The quantitative estimate of drug-likeness (QED) is 0.857. The molecule has 0 aliphatic rings. The molecule has 0 atom stereocenters. The van der Waals surface area contributed by atoms with Crippen LogP contribution >= 0.6 is 11.3 Å². The smallest absolute Gasteiger partial charge is 0.303 e. The van der Waals surface area contributed by atoms with Crippen LogP contribution in [0.3, 0.4) is 0 Å². The standard InChI is InChI=1S/C9H8N2O3S/c12-8(13)4-3-7-10-11-9(15-7)6-2-1-5-14-6/h1-2,5H,3-4H2,(H,12,13). The summed E-state index contributed by atoms with van der Waals surface area (Å²) in [5.41, 5.74) is 0. The third kappa shape index (κ3) is 2.41. The van der Waals surface area contributed by atoms with Crippen molar-refractivity contribution in [3.63, 3.8) is 0 Å². The van der Waals surface area contributed by atoms with Crippen molar-refractivity contribution < 1.29 is 14.3 Å². The monoisotopic (exact) mass is 224 g/mol. The molecule has 0 radical (unpaired) electrons. The number of aryl methyl sites for hydroxylation is 1. The summed E-state index contributed by atoms with van der Waals surface area (Å²) >= 11 is 1.35. The summed E-state index contributed by atoms with van der Waals surface area (Å²) in [7, 11) is 0. The van der Waals surface area contributed by atoms with Gasteiger partial charge in [-0.15, -0.1) is 10.2 Å². The molecule has 2 heterocycles. The van der Waals surface area contributed by atoms with Gasteiger partial charge in [-0.05, 0) is 12.1 Å². The van der Waals surface area contributed by atoms with Gasteiger partial charge in [-0.25, -0.2) is 0 Å². The van der Waals surface area contributed by atoms with Gasteiger partial charge >= 0.3 is 5.97 Å². The molecule has 1 N–H and O–H groups in total. The lowest BCUT2D eigenvalue weighted by atomic mass is 10.3. The third-order valence-corrected chi connectivity index (χ3v) is 2.75. The Labute approximate surface area is 89.4 Å². The summed E-state index contributed by atoms with van der Waals surface area (Å²) in [6.45, 7) is 0. The van der Waals surface area contributed by atoms with E-state index in [2.05, 4.69) is 10.2 Å². The molecule has 2 rings (SSSR count). The fourth-order valence-corrected chi connectivity index (χ4v) is 1.88. The molecule has 0 aromatic carbocycles. The number of hydrogen-bond acceptors (Lipinski definition) is 5. The number of hydrogen-bond donors (Lipinski definition) is 1. The Morgan fingerprint density at radius 1 is 1.53 bits per heavy atom. The number of rotatable bonds is 4. The van der Waals surface area contributed by atoms with Crippen molar-refractivity contribution >= 4 is 17.3 Å². The van der Waals surface area contributed by atoms with E-state index in [1.54, 1.807) is 18.4 Å². The summed E-state index contributed by atoms with van der Waals surface area (Å²) < 4.78 is 5.15. The fraction of sp³-hybridized carbons (Fsp3) is 0.222. The maximum absolute atomic E-state index is 10.3. The van der Waals surface area contributed by atoms with Gasteiger partial charge in [0, 0.05) is 6.42 Å². The number of carbonyl (C=O) groups is 1. The van der Waals surface area contributed by atoms with E-state index in [-0.39, 0.29) is 6.42 Å². The average molecular weight is 224 g/mol. The molecule has 0 unspecified atom stereocenters. The van der Waals surface area contributed by atoms with E-state index in [9.17, 15) is 4.79 Å². The van der Waals surface area contributed by atoms with Crippen LogP contribution in [0.1, 0.15) is 11.4 Å². The van der Waals surface area contributed by atoms with Gasteiger partial charge < -0.3 is 9.52 Å². The maximum Gasteiger partial charge on any atom is 0.303 e. The van der Waals surface area contributed by atoms with Crippen molar-refractivity contribution in [3.8, 4) is 10.8 Å². The van der Waals surface area contributed by atoms with Crippen LogP contribution in [0, 0.1) is 0 Å². The highest BCUT2D eigenvalue weighted by Crippen LogP contribution is 2.24. The second-order valence-electron chi connectivity index (χ2n) is 2.87. The first-order valence-electron chi connectivity index (χ1n) is 4.34. The molecule has 0 aliphatic carbocycles. The summed E-state index contributed by atoms with van der Waals surface area (Å²) in [6, 6.07) is 3.56. The van der Waals surface area contributed by atoms with Gasteiger partial charge in [0.25, 0.3) is 0 Å². The largest absolute Gasteiger partial charge is 0.481 e. The first-order valence-corrected chi connectivity index (χ1v) is 5.15. The molecule has 0 spiro atoms. The number of aromatic nitrogens is 2. The predicted molar refractivity (Wildman–Crippen MR) is 53.6 cm³/mol. The topological polar surface area (TPSA) is 76.2 Å². The molecule has 78 valence electrons. The minimum Gasteiger partial charge on any atom is -0.481 e. The molecule has 0 bridgehead atoms. The van der Waals surface area contributed by atoms with E-state index in [0.717, 1.165) is 0 Å². The van der Waals surface area contributed by atoms with Crippen LogP contribution in [0.2, 0.25) is 0 Å². The van der Waals surface area contributed by atoms with Crippen molar-refractivity contribution in [3.05, 3.63) is 23.4 Å². The van der Waals surface area contributed by atoms with Crippen molar-refractivity contribution in [2.75, 3.05) is 0 Å². The molecule has 0 aliphatic heterocycles. The number of nitrogens with zero attached hydrogens (tertiary/aromatic N) is 2. The van der Waals surface area contributed by atoms with Crippen LogP contribution in [0.25, 0.3) is 10.8 Å². The van der Waals surface area contributed by atoms with Crippen LogP contribution in [0.4, 0.5) is 0 Å². The highest BCUT2D eigenvalue weighted by Gasteiger charge is 2.09. The minimum absolute atomic E-state index is 0.0762. The van der Waals surface area contributed by atoms with E-state index in [0.29, 0.717) is 22.2 Å². The third-order valence-electron chi connectivity index (χ3n) is 1.75. The van der Waals surface area contributed by atoms with E-state index < -0.39 is 5.97 Å². The van der Waals surface area contributed by atoms with Gasteiger partial charge in [-0.3, -0.25) is 4.79 Å². The zero-order valence-corrected chi connectivity index (χ0v) is 8.53. The van der Waals surface area contributed by atoms with Crippen molar-refractivity contribution in [2.45, 2.75) is 12.8 Å². The number of carboxylic acid groups (broad SMARTS) is 1. The molecular weight excluding hydrogens is 216 g/mol. The first-order chi connectivity index (χ1) is 7.25. The normalized spacial score (nSPS) is 10.4. The average Bonchev–Trinajstić information content (AvgIpc) is 2.85. The van der Waals surface area contributed by atoms with E-state index in [4.69, 9.17) is 9.52 Å². The summed E-state index contributed by atoms with van der Waals surface area (Å²) in [4.78, 5) is 10.3. The van der Waals surface area contributed by atoms with Crippen LogP contribution in [-0.2, 0) is 11.2 Å². The molecule has 0 amide bonds. The first kappa shape index (κ1) is 9.85. The Morgan fingerprint density at radius 3 is 3.07 bits per heavy atom. The van der Waals surface area contributed by atoms with Gasteiger partial charge in [0.15, 0.2) is 10.8 Å². The number of aliphatic carboxylic acids is 1. The molecule has 15 heavy (non-hydrogen) atoms. The van der Waals surface area contributed by atoms with Gasteiger partial charge in [0.1, 0.15) is 5.01 Å². The second kappa shape index (κ2) is 4.22. The van der Waals surface area contributed by atoms with Crippen LogP contribution < -0.4 is 0 Å². The molecule has 0 fully saturated rings. The predicted octanol–water partition coefficient (Wildman–Crippen LogP) is 1.82. The van der Waals surface area contributed by atoms with Gasteiger partial charge in [0.05, 0.1) is 12.7 Å². The van der Waals surface area contributed by atoms with Gasteiger partial charge in [0.2, 0.25) is 0 Å². The van der Waals surface area contributed by atoms with Crippen molar-refractivity contribution in [1.82, 2.24) is 10.2 Å². The summed E-state index contributed by atoms with van der Waals surface area (Å²) in [5, 5.41) is 17.7. The number of furan rings is 1. The summed E-state index contributed by atoms with van der Waals surface area (Å²) in [6.07, 6.45) is 2.05. The van der Waals surface area contributed by atoms with Gasteiger partial charge in [-0.1, -0.05) is 11.3 Å². The fourth-order valence-electron chi connectivity index (χ4n) is 1.07. The van der Waals surface area contributed by atoms with Gasteiger partial charge in [-0.2, -0.15) is 0 Å². The zero-order valence-electron chi connectivity index (χ0n) is 7.71. The lowest BCUT2D eigenvalue weighted by Gasteiger charge is -1.88. The Morgan fingerprint density at radius 2 is 2.40 bits per heavy atom. The van der Waals surface area contributed by atoms with Crippen molar-refractivity contribution in [1.29, 1.82) is 0 Å². The van der Waals surface area contributed by atoms with E-state index in [1.165, 1.54) is 11.3 Å². The SMILES string of the molecule is O=C(O)CCc1nnc(-c2ccco2)s1. The molecule has 2 aromatic heterocycles. The molecule has 2 aromatic rings. The Hall–Kier alpha value is -1.69. The molecule has 5 nitrogen and oxygen atoms in total. The van der Waals surface area contributed by atoms with E-state index >= 15 is 0 Å². The highest BCUT2D eigenvalue weighted by atomic mass is 32.1. The second-order valence-corrected chi connectivity index (χ2v) is 3.93. The zero-order chi connectivity index (χ0) is 10.7. The van der Waals surface area contributed by atoms with Crippen LogP contribution in [0.15, 0.2) is 22.8 Å². The van der Waals surface area contributed by atoms with Crippen molar-refractivity contribution in [2.24, 2.45) is 0 Å². The molecule has 0 saturated heterocycles.